The quantitative estimate of drug-likeness (QED) is 0.186. The molecule has 0 saturated heterocycles. The summed E-state index contributed by atoms with van der Waals surface area (Å²) >= 11 is 26.9. The van der Waals surface area contributed by atoms with Gasteiger partial charge in [0.15, 0.2) is 0 Å². The number of halogens is 4. The Labute approximate surface area is 210 Å². The summed E-state index contributed by atoms with van der Waals surface area (Å²) in [5.74, 6) is 1.47. The van der Waals surface area contributed by atoms with Gasteiger partial charge in [0.1, 0.15) is 0 Å². The summed E-state index contributed by atoms with van der Waals surface area (Å²) in [7, 11) is -4.36. The molecule has 2 nitrogen and oxygen atoms in total. The third kappa shape index (κ3) is 5.77. The molecule has 10 heteroatoms. The second-order valence-corrected chi connectivity index (χ2v) is 48.9. The van der Waals surface area contributed by atoms with E-state index in [1.54, 1.807) is 0 Å². The average Bonchev–Trinajstić information content (AvgIpc) is 2.55. The molecule has 0 spiro atoms. The molecule has 0 aliphatic carbocycles. The van der Waals surface area contributed by atoms with Gasteiger partial charge in [-0.25, -0.2) is 0 Å². The SMILES string of the molecule is CCC(C)NC(C(C)C)(C(C)CC)[Si](C)(C)C(C(C)C)[Si](C)(C)[Si](N)(Cl)[Si](Cl)(Cl)Cl. The molecule has 0 amide bonds. The molecule has 0 radical (unpaired) electrons. The molecule has 0 fully saturated rings. The number of rotatable bonds is 12. The van der Waals surface area contributed by atoms with Crippen molar-refractivity contribution < 1.29 is 0 Å². The Hall–Kier alpha value is 1.95. The maximum atomic E-state index is 7.17. The minimum absolute atomic E-state index is 0.0485. The first-order valence-electron chi connectivity index (χ1n) is 11.5. The molecule has 182 valence electrons. The summed E-state index contributed by atoms with van der Waals surface area (Å²) in [6.07, 6.45) is 2.24. The predicted octanol–water partition coefficient (Wildman–Crippen LogP) is 7.79. The first-order valence-corrected chi connectivity index (χ1v) is 27.8. The van der Waals surface area contributed by atoms with Crippen LogP contribution in [0, 0.1) is 17.8 Å². The zero-order chi connectivity index (χ0) is 24.5. The number of nitrogens with one attached hydrogen (secondary N) is 1. The van der Waals surface area contributed by atoms with Crippen LogP contribution in [0.5, 0.6) is 0 Å². The van der Waals surface area contributed by atoms with Crippen LogP contribution >= 0.6 is 44.3 Å². The van der Waals surface area contributed by atoms with Crippen LogP contribution < -0.4 is 10.7 Å². The van der Waals surface area contributed by atoms with Crippen LogP contribution in [0.2, 0.25) is 31.4 Å². The van der Waals surface area contributed by atoms with Crippen LogP contribution in [0.4, 0.5) is 0 Å². The molecule has 0 aromatic rings. The van der Waals surface area contributed by atoms with Gasteiger partial charge in [-0.3, -0.25) is 0 Å². The lowest BCUT2D eigenvalue weighted by atomic mass is 9.87. The highest BCUT2D eigenvalue weighted by Crippen LogP contribution is 2.53. The number of hydrogen-bond donors (Lipinski definition) is 2. The molecule has 30 heavy (non-hydrogen) atoms. The summed E-state index contributed by atoms with van der Waals surface area (Å²) in [6, 6.07) is 0.448. The van der Waals surface area contributed by atoms with Crippen LogP contribution in [-0.4, -0.2) is 39.0 Å². The largest absolute Gasteiger partial charge is 0.355 e. The third-order valence-corrected chi connectivity index (χ3v) is 63.8. The average molecular weight is 571 g/mol. The highest BCUT2D eigenvalue weighted by Gasteiger charge is 2.69. The van der Waals surface area contributed by atoms with Crippen molar-refractivity contribution >= 4 is 72.1 Å². The summed E-state index contributed by atoms with van der Waals surface area (Å²) in [5.41, 5.74) is -3.21. The molecule has 0 aromatic heterocycles. The Morgan fingerprint density at radius 3 is 1.53 bits per heavy atom. The van der Waals surface area contributed by atoms with Crippen LogP contribution in [-0.2, 0) is 0 Å². The molecule has 0 aromatic carbocycles. The topological polar surface area (TPSA) is 38.0 Å². The molecule has 5 atom stereocenters. The van der Waals surface area contributed by atoms with E-state index in [2.05, 4.69) is 86.9 Å². The van der Waals surface area contributed by atoms with Gasteiger partial charge in [0.05, 0.1) is 15.7 Å². The molecule has 0 bridgehead atoms. The highest BCUT2D eigenvalue weighted by atomic mass is 35.9. The number of nitrogens with two attached hydrogens (primary N) is 1. The Bertz CT molecular complexity index is 553. The van der Waals surface area contributed by atoms with E-state index in [4.69, 9.17) is 49.7 Å². The predicted molar refractivity (Wildman–Crippen MR) is 153 cm³/mol. The fourth-order valence-corrected chi connectivity index (χ4v) is 64.0. The summed E-state index contributed by atoms with van der Waals surface area (Å²) in [5, 5.41) is 11.6. The Morgan fingerprint density at radius 1 is 0.833 bits per heavy atom. The minimum Gasteiger partial charge on any atom is -0.340 e. The zero-order valence-electron chi connectivity index (χ0n) is 21.4. The second-order valence-electron chi connectivity index (χ2n) is 11.2. The van der Waals surface area contributed by atoms with Gasteiger partial charge in [-0.1, -0.05) is 81.1 Å². The molecule has 0 aliphatic heterocycles. The van der Waals surface area contributed by atoms with Gasteiger partial charge in [0, 0.05) is 11.2 Å². The van der Waals surface area contributed by atoms with E-state index < -0.39 is 27.8 Å². The third-order valence-electron chi connectivity index (χ3n) is 8.04. The van der Waals surface area contributed by atoms with E-state index in [1.807, 2.05) is 0 Å². The smallest absolute Gasteiger partial charge is 0.340 e. The normalized spacial score (nSPS) is 21.3. The van der Waals surface area contributed by atoms with Crippen molar-refractivity contribution in [3.63, 3.8) is 0 Å². The van der Waals surface area contributed by atoms with E-state index in [-0.39, 0.29) is 5.16 Å². The van der Waals surface area contributed by atoms with Crippen molar-refractivity contribution in [3.8, 4) is 0 Å². The summed E-state index contributed by atoms with van der Waals surface area (Å²) < 4.78 is 0. The van der Waals surface area contributed by atoms with Crippen molar-refractivity contribution in [1.82, 2.24) is 5.32 Å². The molecular formula is C20H48Cl4N2Si4. The van der Waals surface area contributed by atoms with Crippen LogP contribution in [0.15, 0.2) is 0 Å². The fourth-order valence-electron chi connectivity index (χ4n) is 6.69. The standard InChI is InChI=1S/C20H48Cl4N2Si4/c1-13-17(7)20(16(5)6,26-18(8)14-2)27(9,10)19(15(3)4)28(11,12)30(24,25)29(21,22)23/h15-19,26H,13-14,25H2,1-12H3. The van der Waals surface area contributed by atoms with Gasteiger partial charge in [-0.05, 0) is 36.3 Å². The van der Waals surface area contributed by atoms with E-state index >= 15 is 0 Å². The van der Waals surface area contributed by atoms with Crippen LogP contribution in [0.25, 0.3) is 0 Å². The maximum Gasteiger partial charge on any atom is 0.355 e. The molecule has 0 saturated carbocycles. The zero-order valence-corrected chi connectivity index (χ0v) is 28.4. The van der Waals surface area contributed by atoms with E-state index in [1.165, 1.54) is 0 Å². The van der Waals surface area contributed by atoms with Crippen molar-refractivity contribution in [2.24, 2.45) is 23.2 Å². The van der Waals surface area contributed by atoms with Crippen molar-refractivity contribution in [3.05, 3.63) is 0 Å². The van der Waals surface area contributed by atoms with Crippen molar-refractivity contribution in [2.45, 2.75) is 111 Å². The minimum atomic E-state index is -3.21. The molecular weight excluding hydrogens is 522 g/mol. The van der Waals surface area contributed by atoms with Gasteiger partial charge in [0.2, 0.25) is 0 Å². The Balaban J connectivity index is 7.05. The molecule has 5 unspecified atom stereocenters. The van der Waals surface area contributed by atoms with E-state index in [0.717, 1.165) is 12.8 Å². The van der Waals surface area contributed by atoms with Crippen molar-refractivity contribution in [2.75, 3.05) is 0 Å². The van der Waals surface area contributed by atoms with Crippen LogP contribution in [0.3, 0.4) is 0 Å². The van der Waals surface area contributed by atoms with Gasteiger partial charge < -0.3 is 10.7 Å². The monoisotopic (exact) mass is 568 g/mol. The first-order chi connectivity index (χ1) is 13.2. The molecule has 0 heterocycles. The molecule has 0 rings (SSSR count). The molecule has 0 aliphatic rings. The fraction of sp³-hybridized carbons (Fsp3) is 1.00. The lowest BCUT2D eigenvalue weighted by molar-refractivity contribution is 0.205. The summed E-state index contributed by atoms with van der Waals surface area (Å²) in [4.78, 5) is 0. The van der Waals surface area contributed by atoms with Gasteiger partial charge in [-0.2, -0.15) is 0 Å². The Kier molecular flexibility index (Phi) is 11.8. The molecule has 3 N–H and O–H groups in total. The first kappa shape index (κ1) is 31.9. The highest BCUT2D eigenvalue weighted by molar-refractivity contribution is 8.05. The van der Waals surface area contributed by atoms with Gasteiger partial charge in [0.25, 0.3) is 6.58 Å². The number of hydrogen-bond acceptors (Lipinski definition) is 2. The van der Waals surface area contributed by atoms with E-state index in [9.17, 15) is 0 Å². The Morgan fingerprint density at radius 2 is 1.27 bits per heavy atom. The lowest BCUT2D eigenvalue weighted by Gasteiger charge is -2.62. The summed E-state index contributed by atoms with van der Waals surface area (Å²) in [6.45, 7) is 25.5. The van der Waals surface area contributed by atoms with Crippen molar-refractivity contribution in [1.29, 1.82) is 0 Å². The lowest BCUT2D eigenvalue weighted by Crippen LogP contribution is -2.82. The van der Waals surface area contributed by atoms with Gasteiger partial charge in [-0.15, -0.1) is 44.3 Å². The maximum absolute atomic E-state index is 7.17. The second kappa shape index (κ2) is 11.1. The van der Waals surface area contributed by atoms with Gasteiger partial charge >= 0.3 is 5.52 Å². The van der Waals surface area contributed by atoms with E-state index in [0.29, 0.717) is 29.0 Å². The van der Waals surface area contributed by atoms with Crippen LogP contribution in [0.1, 0.15) is 68.2 Å².